The molecule has 5 nitrogen and oxygen atoms in total. The molecular formula is C17H22N2O3. The lowest BCUT2D eigenvalue weighted by Crippen LogP contribution is -2.29. The molecule has 0 aromatic heterocycles. The maximum atomic E-state index is 12.6. The van der Waals surface area contributed by atoms with Gasteiger partial charge in [0.25, 0.3) is 0 Å². The van der Waals surface area contributed by atoms with Crippen molar-refractivity contribution < 1.29 is 14.3 Å². The van der Waals surface area contributed by atoms with Crippen molar-refractivity contribution in [1.29, 1.82) is 0 Å². The van der Waals surface area contributed by atoms with Crippen LogP contribution in [0, 0.1) is 11.8 Å². The molecule has 22 heavy (non-hydrogen) atoms. The Morgan fingerprint density at radius 1 is 1.36 bits per heavy atom. The van der Waals surface area contributed by atoms with Crippen molar-refractivity contribution in [2.75, 3.05) is 20.1 Å². The Bertz CT molecular complexity index is 579. The topological polar surface area (TPSA) is 67.4 Å². The van der Waals surface area contributed by atoms with Crippen LogP contribution in [-0.4, -0.2) is 32.0 Å². The number of fused-ring (bicyclic) bond motifs is 1. The Hall–Kier alpha value is -1.88. The summed E-state index contributed by atoms with van der Waals surface area (Å²) in [7, 11) is 1.51. The van der Waals surface area contributed by atoms with Gasteiger partial charge in [-0.15, -0.1) is 0 Å². The number of benzene rings is 1. The summed E-state index contributed by atoms with van der Waals surface area (Å²) in [6.07, 6.45) is 3.59. The first-order chi connectivity index (χ1) is 10.7. The molecule has 1 atom stereocenters. The van der Waals surface area contributed by atoms with E-state index in [-0.39, 0.29) is 11.7 Å². The van der Waals surface area contributed by atoms with E-state index in [4.69, 9.17) is 4.74 Å². The van der Waals surface area contributed by atoms with Gasteiger partial charge in [0.1, 0.15) is 5.75 Å². The molecule has 1 aliphatic carbocycles. The highest BCUT2D eigenvalue weighted by atomic mass is 16.5. The van der Waals surface area contributed by atoms with Gasteiger partial charge in [0, 0.05) is 18.5 Å². The van der Waals surface area contributed by atoms with Crippen LogP contribution in [0.5, 0.6) is 5.75 Å². The minimum absolute atomic E-state index is 0.0911. The number of hydrogen-bond donors (Lipinski definition) is 2. The Labute approximate surface area is 130 Å². The molecule has 5 heteroatoms. The second-order valence-electron chi connectivity index (χ2n) is 6.15. The molecule has 1 aromatic carbocycles. The van der Waals surface area contributed by atoms with E-state index in [2.05, 4.69) is 10.6 Å². The monoisotopic (exact) mass is 302 g/mol. The molecule has 2 aliphatic rings. The zero-order valence-corrected chi connectivity index (χ0v) is 12.9. The highest BCUT2D eigenvalue weighted by molar-refractivity contribution is 6.02. The zero-order valence-electron chi connectivity index (χ0n) is 12.9. The number of rotatable bonds is 3. The lowest BCUT2D eigenvalue weighted by molar-refractivity contribution is 0.0912. The molecule has 0 bridgehead atoms. The van der Waals surface area contributed by atoms with Gasteiger partial charge < -0.3 is 15.4 Å². The standard InChI is InChI=1S/C17H22N2O3/c1-18-17(21)22-14-3-2-12-9-13(16(20)15(12)10-14)8-11-4-6-19-7-5-11/h2-3,10-11,13,19H,4-9H2,1H3,(H,18,21). The van der Waals surface area contributed by atoms with Crippen LogP contribution in [0.4, 0.5) is 4.79 Å². The van der Waals surface area contributed by atoms with Crippen LogP contribution >= 0.6 is 0 Å². The lowest BCUT2D eigenvalue weighted by atomic mass is 9.86. The zero-order chi connectivity index (χ0) is 15.5. The summed E-state index contributed by atoms with van der Waals surface area (Å²) < 4.78 is 5.11. The average molecular weight is 302 g/mol. The fourth-order valence-electron chi connectivity index (χ4n) is 3.47. The third kappa shape index (κ3) is 3.14. The SMILES string of the molecule is CNC(=O)Oc1ccc2c(c1)C(=O)C(CC1CCNCC1)C2. The maximum absolute atomic E-state index is 12.6. The molecule has 3 rings (SSSR count). The van der Waals surface area contributed by atoms with Crippen LogP contribution in [0.1, 0.15) is 35.2 Å². The third-order valence-corrected chi connectivity index (χ3v) is 4.68. The fourth-order valence-corrected chi connectivity index (χ4v) is 3.47. The minimum Gasteiger partial charge on any atom is -0.410 e. The van der Waals surface area contributed by atoms with Gasteiger partial charge in [-0.05, 0) is 62.4 Å². The molecule has 1 aliphatic heterocycles. The van der Waals surface area contributed by atoms with Gasteiger partial charge in [-0.25, -0.2) is 4.79 Å². The first-order valence-corrected chi connectivity index (χ1v) is 7.95. The number of carbonyl (C=O) groups excluding carboxylic acids is 2. The number of hydrogen-bond acceptors (Lipinski definition) is 4. The van der Waals surface area contributed by atoms with E-state index in [0.717, 1.165) is 49.9 Å². The number of amides is 1. The molecule has 118 valence electrons. The number of ether oxygens (including phenoxy) is 1. The van der Waals surface area contributed by atoms with Crippen LogP contribution < -0.4 is 15.4 Å². The molecule has 1 amide bonds. The Morgan fingerprint density at radius 3 is 2.86 bits per heavy atom. The third-order valence-electron chi connectivity index (χ3n) is 4.68. The predicted molar refractivity (Wildman–Crippen MR) is 83.3 cm³/mol. The minimum atomic E-state index is -0.517. The van der Waals surface area contributed by atoms with Crippen LogP contribution in [-0.2, 0) is 6.42 Å². The summed E-state index contributed by atoms with van der Waals surface area (Å²) in [5.74, 6) is 1.37. The molecule has 2 N–H and O–H groups in total. The van der Waals surface area contributed by atoms with Crippen molar-refractivity contribution >= 4 is 11.9 Å². The van der Waals surface area contributed by atoms with Gasteiger partial charge in [-0.2, -0.15) is 0 Å². The summed E-state index contributed by atoms with van der Waals surface area (Å²) in [5, 5.41) is 5.76. The van der Waals surface area contributed by atoms with E-state index in [9.17, 15) is 9.59 Å². The van der Waals surface area contributed by atoms with Gasteiger partial charge in [0.15, 0.2) is 5.78 Å². The molecule has 1 fully saturated rings. The maximum Gasteiger partial charge on any atom is 0.412 e. The highest BCUT2D eigenvalue weighted by Crippen LogP contribution is 2.34. The van der Waals surface area contributed by atoms with Gasteiger partial charge in [-0.1, -0.05) is 6.07 Å². The molecule has 1 unspecified atom stereocenters. The van der Waals surface area contributed by atoms with Crippen molar-refractivity contribution in [2.45, 2.75) is 25.7 Å². The van der Waals surface area contributed by atoms with Crippen molar-refractivity contribution in [3.05, 3.63) is 29.3 Å². The van der Waals surface area contributed by atoms with Gasteiger partial charge in [0.2, 0.25) is 0 Å². The van der Waals surface area contributed by atoms with Crippen LogP contribution in [0.15, 0.2) is 18.2 Å². The van der Waals surface area contributed by atoms with Crippen molar-refractivity contribution in [2.24, 2.45) is 11.8 Å². The molecule has 0 spiro atoms. The molecule has 0 radical (unpaired) electrons. The van der Waals surface area contributed by atoms with Gasteiger partial charge in [0.05, 0.1) is 0 Å². The summed E-state index contributed by atoms with van der Waals surface area (Å²) in [6.45, 7) is 2.12. The number of Topliss-reactive ketones (excluding diaryl/α,β-unsaturated/α-hetero) is 1. The van der Waals surface area contributed by atoms with Crippen molar-refractivity contribution in [1.82, 2.24) is 10.6 Å². The second-order valence-corrected chi connectivity index (χ2v) is 6.15. The molecular weight excluding hydrogens is 280 g/mol. The fraction of sp³-hybridized carbons (Fsp3) is 0.529. The number of nitrogens with one attached hydrogen (secondary N) is 2. The Balaban J connectivity index is 1.69. The van der Waals surface area contributed by atoms with Crippen LogP contribution in [0.25, 0.3) is 0 Å². The van der Waals surface area contributed by atoms with E-state index >= 15 is 0 Å². The van der Waals surface area contributed by atoms with E-state index in [1.807, 2.05) is 6.07 Å². The van der Waals surface area contributed by atoms with Crippen LogP contribution in [0.2, 0.25) is 0 Å². The molecule has 0 saturated carbocycles. The summed E-state index contributed by atoms with van der Waals surface area (Å²) in [5.41, 5.74) is 1.80. The molecule has 1 saturated heterocycles. The number of ketones is 1. The average Bonchev–Trinajstić information content (AvgIpc) is 2.84. The van der Waals surface area contributed by atoms with Crippen molar-refractivity contribution in [3.8, 4) is 5.75 Å². The smallest absolute Gasteiger partial charge is 0.410 e. The van der Waals surface area contributed by atoms with Crippen molar-refractivity contribution in [3.63, 3.8) is 0 Å². The summed E-state index contributed by atoms with van der Waals surface area (Å²) in [4.78, 5) is 23.9. The second kappa shape index (κ2) is 6.48. The van der Waals surface area contributed by atoms with E-state index in [1.54, 1.807) is 12.1 Å². The van der Waals surface area contributed by atoms with Crippen LogP contribution in [0.3, 0.4) is 0 Å². The quantitative estimate of drug-likeness (QED) is 0.898. The van der Waals surface area contributed by atoms with E-state index in [1.165, 1.54) is 7.05 Å². The van der Waals surface area contributed by atoms with Gasteiger partial charge in [-0.3, -0.25) is 4.79 Å². The largest absolute Gasteiger partial charge is 0.412 e. The Kier molecular flexibility index (Phi) is 4.43. The highest BCUT2D eigenvalue weighted by Gasteiger charge is 2.33. The number of carbonyl (C=O) groups is 2. The molecule has 1 aromatic rings. The Morgan fingerprint density at radius 2 is 2.14 bits per heavy atom. The first kappa shape index (κ1) is 15.0. The van der Waals surface area contributed by atoms with E-state index < -0.39 is 6.09 Å². The molecule has 1 heterocycles. The van der Waals surface area contributed by atoms with E-state index in [0.29, 0.717) is 11.7 Å². The predicted octanol–water partition coefficient (Wildman–Crippen LogP) is 2.15. The normalized spacial score (nSPS) is 21.5. The lowest BCUT2D eigenvalue weighted by Gasteiger charge is -2.24. The summed E-state index contributed by atoms with van der Waals surface area (Å²) >= 11 is 0. The van der Waals surface area contributed by atoms with Gasteiger partial charge >= 0.3 is 6.09 Å². The number of piperidine rings is 1. The first-order valence-electron chi connectivity index (χ1n) is 7.95. The summed E-state index contributed by atoms with van der Waals surface area (Å²) in [6, 6.07) is 5.37.